The first kappa shape index (κ1) is 8.94. The minimum absolute atomic E-state index is 0.0641. The van der Waals surface area contributed by atoms with Gasteiger partial charge in [-0.05, 0) is 12.3 Å². The summed E-state index contributed by atoms with van der Waals surface area (Å²) in [5.74, 6) is 0.661. The number of aliphatic hydroxyl groups excluding tert-OH is 1. The van der Waals surface area contributed by atoms with Gasteiger partial charge in [-0.15, -0.1) is 0 Å². The van der Waals surface area contributed by atoms with Crippen LogP contribution in [0.3, 0.4) is 0 Å². The lowest BCUT2D eigenvalue weighted by molar-refractivity contribution is -0.150. The van der Waals surface area contributed by atoms with Crippen molar-refractivity contribution < 1.29 is 14.3 Å². The van der Waals surface area contributed by atoms with Crippen molar-refractivity contribution in [2.24, 2.45) is 11.8 Å². The maximum absolute atomic E-state index is 13.2. The van der Waals surface area contributed by atoms with E-state index < -0.39 is 12.3 Å². The average Bonchev–Trinajstić information content (AvgIpc) is 2.76. The first-order valence-electron chi connectivity index (χ1n) is 4.64. The molecular weight excluding hydrogens is 173 g/mol. The van der Waals surface area contributed by atoms with Crippen molar-refractivity contribution in [1.29, 1.82) is 0 Å². The molecule has 1 saturated carbocycles. The molecule has 0 unspecified atom stereocenters. The zero-order valence-electron chi connectivity index (χ0n) is 7.66. The second-order valence-electron chi connectivity index (χ2n) is 4.32. The van der Waals surface area contributed by atoms with Gasteiger partial charge in [0.05, 0.1) is 19.7 Å². The van der Waals surface area contributed by atoms with E-state index in [2.05, 4.69) is 0 Å². The Kier molecular flexibility index (Phi) is 1.84. The third-order valence-electron chi connectivity index (χ3n) is 2.97. The highest BCUT2D eigenvalue weighted by molar-refractivity contribution is 5.82. The molecule has 1 amide bonds. The molecule has 0 bridgehead atoms. The summed E-state index contributed by atoms with van der Waals surface area (Å²) in [4.78, 5) is 13.0. The molecule has 1 aliphatic carbocycles. The number of aliphatic hydroxyl groups is 1. The predicted octanol–water partition coefficient (Wildman–Crippen LogP) is 0.185. The van der Waals surface area contributed by atoms with Crippen molar-refractivity contribution in [3.05, 3.63) is 0 Å². The van der Waals surface area contributed by atoms with Crippen LogP contribution in [-0.2, 0) is 4.79 Å². The Hall–Kier alpha value is -0.640. The van der Waals surface area contributed by atoms with E-state index in [9.17, 15) is 9.18 Å². The molecule has 0 aromatic heterocycles. The molecule has 0 radical (unpaired) electrons. The number of alkyl halides is 1. The fourth-order valence-electron chi connectivity index (χ4n) is 1.79. The normalized spacial score (nSPS) is 35.5. The highest BCUT2D eigenvalue weighted by Gasteiger charge is 2.50. The molecule has 2 aliphatic rings. The molecule has 1 N–H and O–H groups in total. The van der Waals surface area contributed by atoms with Gasteiger partial charge in [0, 0.05) is 5.92 Å². The number of hydrogen-bond donors (Lipinski definition) is 1. The molecule has 0 aromatic rings. The van der Waals surface area contributed by atoms with Crippen molar-refractivity contribution in [2.45, 2.75) is 19.0 Å². The first-order chi connectivity index (χ1) is 6.06. The third kappa shape index (κ3) is 1.43. The highest BCUT2D eigenvalue weighted by atomic mass is 19.1. The quantitative estimate of drug-likeness (QED) is 0.670. The summed E-state index contributed by atoms with van der Waals surface area (Å²) in [5, 5.41) is 8.64. The summed E-state index contributed by atoms with van der Waals surface area (Å²) in [6.07, 6.45) is 0.938. The SMILES string of the molecule is C[C@H]1C[C@@H]1C(=O)N1CC(F)(CO)C1. The Labute approximate surface area is 76.5 Å². The number of carbonyl (C=O) groups is 1. The molecule has 3 nitrogen and oxygen atoms in total. The van der Waals surface area contributed by atoms with Crippen molar-refractivity contribution in [3.63, 3.8) is 0 Å². The maximum Gasteiger partial charge on any atom is 0.226 e. The Morgan fingerprint density at radius 1 is 1.69 bits per heavy atom. The van der Waals surface area contributed by atoms with Crippen LogP contribution >= 0.6 is 0 Å². The second kappa shape index (κ2) is 2.67. The standard InChI is InChI=1S/C9H14FNO2/c1-6-2-7(6)8(13)11-3-9(10,4-11)5-12/h6-7,12H,2-5H2,1H3/t6-,7-/m0/s1. The van der Waals surface area contributed by atoms with Gasteiger partial charge in [0.25, 0.3) is 0 Å². The average molecular weight is 187 g/mol. The number of carbonyl (C=O) groups excluding carboxylic acids is 1. The van der Waals surface area contributed by atoms with Crippen LogP contribution in [0.15, 0.2) is 0 Å². The van der Waals surface area contributed by atoms with Gasteiger partial charge in [0.15, 0.2) is 5.67 Å². The number of likely N-dealkylation sites (tertiary alicyclic amines) is 1. The molecule has 74 valence electrons. The van der Waals surface area contributed by atoms with Crippen LogP contribution in [0.4, 0.5) is 4.39 Å². The molecular formula is C9H14FNO2. The van der Waals surface area contributed by atoms with E-state index in [-0.39, 0.29) is 24.9 Å². The lowest BCUT2D eigenvalue weighted by Crippen LogP contribution is -2.63. The van der Waals surface area contributed by atoms with Crippen LogP contribution in [-0.4, -0.2) is 41.3 Å². The molecule has 1 heterocycles. The largest absolute Gasteiger partial charge is 0.393 e. The summed E-state index contributed by atoms with van der Waals surface area (Å²) in [5.41, 5.74) is -1.52. The lowest BCUT2D eigenvalue weighted by atomic mass is 9.97. The number of hydrogen-bond acceptors (Lipinski definition) is 2. The fraction of sp³-hybridized carbons (Fsp3) is 0.889. The fourth-order valence-corrected chi connectivity index (χ4v) is 1.79. The van der Waals surface area contributed by atoms with E-state index in [1.54, 1.807) is 0 Å². The lowest BCUT2D eigenvalue weighted by Gasteiger charge is -2.43. The van der Waals surface area contributed by atoms with Crippen molar-refractivity contribution in [1.82, 2.24) is 4.90 Å². The molecule has 1 aliphatic heterocycles. The first-order valence-corrected chi connectivity index (χ1v) is 4.64. The summed E-state index contributed by atoms with van der Waals surface area (Å²) < 4.78 is 13.2. The monoisotopic (exact) mass is 187 g/mol. The predicted molar refractivity (Wildman–Crippen MR) is 44.8 cm³/mol. The van der Waals surface area contributed by atoms with Crippen molar-refractivity contribution in [3.8, 4) is 0 Å². The van der Waals surface area contributed by atoms with Gasteiger partial charge in [-0.25, -0.2) is 4.39 Å². The Morgan fingerprint density at radius 2 is 2.23 bits per heavy atom. The van der Waals surface area contributed by atoms with Crippen molar-refractivity contribution >= 4 is 5.91 Å². The smallest absolute Gasteiger partial charge is 0.226 e. The van der Waals surface area contributed by atoms with Gasteiger partial charge in [-0.1, -0.05) is 6.92 Å². The van der Waals surface area contributed by atoms with Crippen LogP contribution in [0.25, 0.3) is 0 Å². The second-order valence-corrected chi connectivity index (χ2v) is 4.32. The molecule has 1 saturated heterocycles. The van der Waals surface area contributed by atoms with Gasteiger partial charge >= 0.3 is 0 Å². The highest BCUT2D eigenvalue weighted by Crippen LogP contribution is 2.41. The molecule has 0 aromatic carbocycles. The Balaban J connectivity index is 1.83. The van der Waals surface area contributed by atoms with Gasteiger partial charge < -0.3 is 10.0 Å². The number of amides is 1. The van der Waals surface area contributed by atoms with Crippen LogP contribution in [0.5, 0.6) is 0 Å². The van der Waals surface area contributed by atoms with Crippen molar-refractivity contribution in [2.75, 3.05) is 19.7 Å². The molecule has 4 heteroatoms. The van der Waals surface area contributed by atoms with Crippen LogP contribution in [0, 0.1) is 11.8 Å². The molecule has 2 rings (SSSR count). The van der Waals surface area contributed by atoms with Gasteiger partial charge in [0.2, 0.25) is 5.91 Å². The van der Waals surface area contributed by atoms with Gasteiger partial charge in [-0.2, -0.15) is 0 Å². The Morgan fingerprint density at radius 3 is 2.62 bits per heavy atom. The van der Waals surface area contributed by atoms with E-state index >= 15 is 0 Å². The zero-order valence-corrected chi connectivity index (χ0v) is 7.66. The summed E-state index contributed by atoms with van der Waals surface area (Å²) in [6, 6.07) is 0. The van der Waals surface area contributed by atoms with E-state index in [1.807, 2.05) is 6.92 Å². The van der Waals surface area contributed by atoms with Gasteiger partial charge in [-0.3, -0.25) is 4.79 Å². The van der Waals surface area contributed by atoms with E-state index in [1.165, 1.54) is 4.90 Å². The number of rotatable bonds is 2. The minimum atomic E-state index is -1.52. The molecule has 2 fully saturated rings. The molecule has 0 spiro atoms. The topological polar surface area (TPSA) is 40.5 Å². The number of nitrogens with zero attached hydrogens (tertiary/aromatic N) is 1. The molecule has 13 heavy (non-hydrogen) atoms. The van der Waals surface area contributed by atoms with E-state index in [4.69, 9.17) is 5.11 Å². The van der Waals surface area contributed by atoms with Gasteiger partial charge in [0.1, 0.15) is 0 Å². The third-order valence-corrected chi connectivity index (χ3v) is 2.97. The summed E-state index contributed by atoms with van der Waals surface area (Å²) >= 11 is 0. The van der Waals surface area contributed by atoms with Crippen LogP contribution in [0.2, 0.25) is 0 Å². The minimum Gasteiger partial charge on any atom is -0.393 e. The summed E-state index contributed by atoms with van der Waals surface area (Å²) in [7, 11) is 0. The van der Waals surface area contributed by atoms with E-state index in [0.717, 1.165) is 6.42 Å². The summed E-state index contributed by atoms with van der Waals surface area (Å²) in [6.45, 7) is 1.70. The number of halogens is 1. The molecule has 2 atom stereocenters. The zero-order chi connectivity index (χ0) is 9.64. The van der Waals surface area contributed by atoms with Crippen LogP contribution in [0.1, 0.15) is 13.3 Å². The van der Waals surface area contributed by atoms with E-state index in [0.29, 0.717) is 5.92 Å². The Bertz CT molecular complexity index is 238. The van der Waals surface area contributed by atoms with Crippen LogP contribution < -0.4 is 0 Å². The maximum atomic E-state index is 13.2.